The third-order valence-corrected chi connectivity index (χ3v) is 4.99. The van der Waals surface area contributed by atoms with Crippen molar-refractivity contribution in [3.63, 3.8) is 0 Å². The van der Waals surface area contributed by atoms with Gasteiger partial charge < -0.3 is 16.0 Å². The number of hydrogen-bond donors (Lipinski definition) is 3. The highest BCUT2D eigenvalue weighted by atomic mass is 79.9. The van der Waals surface area contributed by atoms with E-state index in [1.54, 1.807) is 11.3 Å². The van der Waals surface area contributed by atoms with Gasteiger partial charge in [0, 0.05) is 28.0 Å². The summed E-state index contributed by atoms with van der Waals surface area (Å²) in [7, 11) is 0. The van der Waals surface area contributed by atoms with Crippen LogP contribution in [0.4, 0.5) is 10.5 Å². The highest BCUT2D eigenvalue weighted by Crippen LogP contribution is 2.20. The maximum atomic E-state index is 11.9. The lowest BCUT2D eigenvalue weighted by Crippen LogP contribution is -2.36. The molecule has 0 spiro atoms. The van der Waals surface area contributed by atoms with Crippen LogP contribution in [0.15, 0.2) is 34.1 Å². The molecule has 0 aliphatic carbocycles. The fourth-order valence-electron chi connectivity index (χ4n) is 2.08. The molecule has 3 amide bonds. The van der Waals surface area contributed by atoms with Gasteiger partial charge >= 0.3 is 6.03 Å². The van der Waals surface area contributed by atoms with E-state index in [9.17, 15) is 9.59 Å². The Morgan fingerprint density at radius 2 is 1.92 bits per heavy atom. The van der Waals surface area contributed by atoms with Gasteiger partial charge in [-0.15, -0.1) is 11.3 Å². The highest BCUT2D eigenvalue weighted by Gasteiger charge is 2.07. The summed E-state index contributed by atoms with van der Waals surface area (Å²) in [6, 6.07) is 7.42. The molecule has 0 aliphatic rings. The molecule has 2 rings (SSSR count). The molecule has 0 atom stereocenters. The molecule has 128 valence electrons. The van der Waals surface area contributed by atoms with Gasteiger partial charge in [0.1, 0.15) is 0 Å². The number of carbonyl (C=O) groups is 2. The van der Waals surface area contributed by atoms with E-state index >= 15 is 0 Å². The molecule has 1 aromatic heterocycles. The van der Waals surface area contributed by atoms with Gasteiger partial charge in [0.2, 0.25) is 5.91 Å². The van der Waals surface area contributed by atoms with Gasteiger partial charge in [-0.2, -0.15) is 0 Å². The summed E-state index contributed by atoms with van der Waals surface area (Å²) in [4.78, 5) is 24.8. The number of halogens is 1. The van der Waals surface area contributed by atoms with Gasteiger partial charge in [-0.1, -0.05) is 15.9 Å². The second-order valence-electron chi connectivity index (χ2n) is 5.39. The fraction of sp³-hybridized carbons (Fsp3) is 0.294. The zero-order valence-corrected chi connectivity index (χ0v) is 16.0. The van der Waals surface area contributed by atoms with Crippen molar-refractivity contribution >= 4 is 44.9 Å². The number of rotatable bonds is 6. The molecule has 0 bridgehead atoms. The van der Waals surface area contributed by atoms with Crippen LogP contribution in [0.1, 0.15) is 22.4 Å². The number of nitrogens with one attached hydrogen (secondary N) is 3. The second kappa shape index (κ2) is 8.84. The predicted octanol–water partition coefficient (Wildman–Crippen LogP) is 3.96. The normalized spacial score (nSPS) is 10.3. The van der Waals surface area contributed by atoms with Crippen molar-refractivity contribution in [3.05, 3.63) is 50.1 Å². The molecule has 0 saturated carbocycles. The van der Waals surface area contributed by atoms with E-state index in [-0.39, 0.29) is 24.9 Å². The van der Waals surface area contributed by atoms with E-state index in [4.69, 9.17) is 0 Å². The van der Waals surface area contributed by atoms with Gasteiger partial charge in [-0.25, -0.2) is 4.79 Å². The number of urea groups is 1. The number of benzene rings is 1. The third kappa shape index (κ3) is 5.65. The Balaban J connectivity index is 1.68. The van der Waals surface area contributed by atoms with Crippen LogP contribution in [0.3, 0.4) is 0 Å². The number of thiophene rings is 1. The van der Waals surface area contributed by atoms with Gasteiger partial charge in [-0.05, 0) is 54.6 Å². The maximum absolute atomic E-state index is 11.9. The first-order valence-electron chi connectivity index (χ1n) is 7.56. The number of aryl methyl sites for hydroxylation is 2. The van der Waals surface area contributed by atoms with Crippen LogP contribution in [0.25, 0.3) is 0 Å². The Morgan fingerprint density at radius 3 is 2.58 bits per heavy atom. The minimum atomic E-state index is -0.268. The molecule has 7 heteroatoms. The minimum Gasteiger partial charge on any atom is -0.338 e. The van der Waals surface area contributed by atoms with Crippen molar-refractivity contribution < 1.29 is 9.59 Å². The summed E-state index contributed by atoms with van der Waals surface area (Å²) < 4.78 is 0.970. The van der Waals surface area contributed by atoms with Gasteiger partial charge in [0.15, 0.2) is 0 Å². The molecule has 0 fully saturated rings. The number of hydrogen-bond acceptors (Lipinski definition) is 3. The van der Waals surface area contributed by atoms with Crippen molar-refractivity contribution in [2.75, 3.05) is 11.9 Å². The topological polar surface area (TPSA) is 70.2 Å². The van der Waals surface area contributed by atoms with Crippen molar-refractivity contribution in [2.24, 2.45) is 0 Å². The van der Waals surface area contributed by atoms with Crippen LogP contribution in [0.5, 0.6) is 0 Å². The smallest absolute Gasteiger partial charge is 0.315 e. The zero-order chi connectivity index (χ0) is 17.5. The SMILES string of the molecule is Cc1cc(Br)ccc1NC(=O)CCNC(=O)NCc1sccc1C. The average molecular weight is 410 g/mol. The van der Waals surface area contributed by atoms with E-state index < -0.39 is 0 Å². The van der Waals surface area contributed by atoms with Crippen molar-refractivity contribution in [1.82, 2.24) is 10.6 Å². The molecular weight excluding hydrogens is 390 g/mol. The van der Waals surface area contributed by atoms with E-state index in [0.717, 1.165) is 20.6 Å². The predicted molar refractivity (Wildman–Crippen MR) is 101 cm³/mol. The molecule has 0 unspecified atom stereocenters. The van der Waals surface area contributed by atoms with Crippen LogP contribution in [0.2, 0.25) is 0 Å². The average Bonchev–Trinajstić information content (AvgIpc) is 2.93. The lowest BCUT2D eigenvalue weighted by Gasteiger charge is -2.10. The summed E-state index contributed by atoms with van der Waals surface area (Å²) in [5.41, 5.74) is 2.93. The molecule has 2 aromatic rings. The summed E-state index contributed by atoms with van der Waals surface area (Å²) in [5, 5.41) is 10.3. The Bertz CT molecular complexity index is 730. The van der Waals surface area contributed by atoms with Crippen LogP contribution < -0.4 is 16.0 Å². The summed E-state index contributed by atoms with van der Waals surface area (Å²) >= 11 is 5.00. The Morgan fingerprint density at radius 1 is 1.12 bits per heavy atom. The first-order valence-corrected chi connectivity index (χ1v) is 9.23. The van der Waals surface area contributed by atoms with Gasteiger partial charge in [-0.3, -0.25) is 4.79 Å². The van der Waals surface area contributed by atoms with E-state index in [0.29, 0.717) is 6.54 Å². The quantitative estimate of drug-likeness (QED) is 0.675. The number of amides is 3. The lowest BCUT2D eigenvalue weighted by atomic mass is 10.2. The van der Waals surface area contributed by atoms with Crippen molar-refractivity contribution in [3.8, 4) is 0 Å². The first kappa shape index (κ1) is 18.5. The van der Waals surface area contributed by atoms with Crippen molar-refractivity contribution in [2.45, 2.75) is 26.8 Å². The van der Waals surface area contributed by atoms with E-state index in [1.807, 2.05) is 43.5 Å². The molecule has 0 saturated heterocycles. The summed E-state index contributed by atoms with van der Waals surface area (Å²) in [6.07, 6.45) is 0.223. The molecule has 1 heterocycles. The number of anilines is 1. The van der Waals surface area contributed by atoms with E-state index in [1.165, 1.54) is 5.56 Å². The monoisotopic (exact) mass is 409 g/mol. The van der Waals surface area contributed by atoms with E-state index in [2.05, 4.69) is 31.9 Å². The zero-order valence-electron chi connectivity index (χ0n) is 13.6. The second-order valence-corrected chi connectivity index (χ2v) is 7.31. The fourth-order valence-corrected chi connectivity index (χ4v) is 3.40. The van der Waals surface area contributed by atoms with Crippen LogP contribution >= 0.6 is 27.3 Å². The van der Waals surface area contributed by atoms with Crippen LogP contribution in [0, 0.1) is 13.8 Å². The van der Waals surface area contributed by atoms with Gasteiger partial charge in [0.25, 0.3) is 0 Å². The Labute approximate surface area is 154 Å². The third-order valence-electron chi connectivity index (χ3n) is 3.48. The molecular formula is C17H20BrN3O2S. The summed E-state index contributed by atoms with van der Waals surface area (Å²) in [6.45, 7) is 4.73. The van der Waals surface area contributed by atoms with Gasteiger partial charge in [0.05, 0.1) is 6.54 Å². The standard InChI is InChI=1S/C17H20BrN3O2S/c1-11-6-8-24-15(11)10-20-17(23)19-7-5-16(22)21-14-4-3-13(18)9-12(14)2/h3-4,6,8-9H,5,7,10H2,1-2H3,(H,21,22)(H2,19,20,23). The van der Waals surface area contributed by atoms with Crippen LogP contribution in [-0.4, -0.2) is 18.5 Å². The maximum Gasteiger partial charge on any atom is 0.315 e. The molecule has 0 aliphatic heterocycles. The highest BCUT2D eigenvalue weighted by molar-refractivity contribution is 9.10. The molecule has 1 aromatic carbocycles. The number of carbonyl (C=O) groups excluding carboxylic acids is 2. The Kier molecular flexibility index (Phi) is 6.81. The molecule has 5 nitrogen and oxygen atoms in total. The molecule has 24 heavy (non-hydrogen) atoms. The first-order chi connectivity index (χ1) is 11.5. The summed E-state index contributed by atoms with van der Waals surface area (Å²) in [5.74, 6) is -0.130. The molecule has 3 N–H and O–H groups in total. The van der Waals surface area contributed by atoms with Crippen LogP contribution in [-0.2, 0) is 11.3 Å². The van der Waals surface area contributed by atoms with Crippen molar-refractivity contribution in [1.29, 1.82) is 0 Å². The lowest BCUT2D eigenvalue weighted by molar-refractivity contribution is -0.116. The largest absolute Gasteiger partial charge is 0.338 e. The Hall–Kier alpha value is -1.86. The molecule has 0 radical (unpaired) electrons. The minimum absolute atomic E-state index is 0.130.